The summed E-state index contributed by atoms with van der Waals surface area (Å²) in [6, 6.07) is 9.83. The summed E-state index contributed by atoms with van der Waals surface area (Å²) in [4.78, 5) is 114. The number of nitrogen functional groups attached to an aromatic ring is 1. The van der Waals surface area contributed by atoms with Gasteiger partial charge in [-0.1, -0.05) is 12.1 Å². The van der Waals surface area contributed by atoms with Gasteiger partial charge >= 0.3 is 17.9 Å². The molecule has 11 N–H and O–H groups in total. The standard InChI is InChI=1S/C23H32N2O8.C14H22N2O7.C8H11NO2/c1-33-23(32)5-3-2-4-19(28)6-8-21(30)24-13-20(29)7-9-22(31)25-18-11-16(14-26)10-17(12-18)15-27;1-23-14(22)5-3-2-4-11(18)15-8-10(17)6-7-12(19)16-9-13(20)21;9-8-2-6(4-10)1-7(3-8)5-11/h10-12,26-27H,2-9,13-15H2,1H3,(H,24,30)(H,25,31);2-9H2,1H3,(H,15,18)(H,16,19)(H,20,21);1-3,10-11H,4-5,9H2. The molecule has 2 rings (SSSR count). The second kappa shape index (κ2) is 36.6. The van der Waals surface area contributed by atoms with E-state index in [9.17, 15) is 58.2 Å². The maximum Gasteiger partial charge on any atom is 0.322 e. The van der Waals surface area contributed by atoms with Crippen molar-refractivity contribution in [1.82, 2.24) is 16.0 Å². The monoisotopic (exact) mass is 947 g/mol. The predicted molar refractivity (Wildman–Crippen MR) is 240 cm³/mol. The molecule has 0 aliphatic heterocycles. The van der Waals surface area contributed by atoms with Gasteiger partial charge in [0.05, 0.1) is 53.7 Å². The molecule has 22 nitrogen and oxygen atoms in total. The maximum atomic E-state index is 12.1. The third-order valence-corrected chi connectivity index (χ3v) is 9.01. The Balaban J connectivity index is 0.00000110. The Morgan fingerprint density at radius 3 is 1.22 bits per heavy atom. The van der Waals surface area contributed by atoms with Gasteiger partial charge in [-0.3, -0.25) is 47.9 Å². The Morgan fingerprint density at radius 1 is 0.448 bits per heavy atom. The summed E-state index contributed by atoms with van der Waals surface area (Å²) in [5.74, 6) is -4.23. The summed E-state index contributed by atoms with van der Waals surface area (Å²) in [6.45, 7) is -1.46. The highest BCUT2D eigenvalue weighted by atomic mass is 16.5. The second-order valence-electron chi connectivity index (χ2n) is 14.7. The Morgan fingerprint density at radius 2 is 0.806 bits per heavy atom. The van der Waals surface area contributed by atoms with Crippen LogP contribution in [0.15, 0.2) is 36.4 Å². The number of ketones is 3. The molecule has 0 fully saturated rings. The average molecular weight is 948 g/mol. The number of hydrogen-bond acceptors (Lipinski definition) is 17. The fourth-order valence-corrected chi connectivity index (χ4v) is 5.46. The minimum atomic E-state index is -1.16. The largest absolute Gasteiger partial charge is 0.480 e. The van der Waals surface area contributed by atoms with Crippen molar-refractivity contribution in [3.8, 4) is 0 Å². The molecule has 0 radical (unpaired) electrons. The minimum Gasteiger partial charge on any atom is -0.480 e. The number of ether oxygens (including phenoxy) is 2. The van der Waals surface area contributed by atoms with Crippen LogP contribution in [0, 0.1) is 0 Å². The van der Waals surface area contributed by atoms with Gasteiger partial charge in [-0.2, -0.15) is 0 Å². The Kier molecular flexibility index (Phi) is 33.0. The van der Waals surface area contributed by atoms with E-state index in [4.69, 9.17) is 21.1 Å². The third kappa shape index (κ3) is 32.7. The SMILES string of the molecule is COC(=O)CCCCC(=O)CCC(=O)NCC(=O)CCC(=O)Nc1cc(CO)cc(CO)c1.COC(=O)CCCCC(=O)NCC(=O)CCC(=O)NCC(=O)O.Nc1cc(CO)cc(CO)c1. The smallest absolute Gasteiger partial charge is 0.322 e. The summed E-state index contributed by atoms with van der Waals surface area (Å²) >= 11 is 0. The first kappa shape index (κ1) is 60.4. The molecule has 0 aliphatic rings. The number of carbonyl (C=O) groups is 10. The van der Waals surface area contributed by atoms with E-state index in [0.29, 0.717) is 48.2 Å². The van der Waals surface area contributed by atoms with Crippen LogP contribution in [0.25, 0.3) is 0 Å². The van der Waals surface area contributed by atoms with Crippen LogP contribution in [0.2, 0.25) is 0 Å². The fourth-order valence-electron chi connectivity index (χ4n) is 5.46. The zero-order chi connectivity index (χ0) is 50.6. The van der Waals surface area contributed by atoms with Crippen molar-refractivity contribution in [2.45, 2.75) is 116 Å². The number of methoxy groups -OCH3 is 2. The van der Waals surface area contributed by atoms with Crippen molar-refractivity contribution in [3.63, 3.8) is 0 Å². The summed E-state index contributed by atoms with van der Waals surface area (Å²) in [5.41, 5.74) is 9.00. The number of nitrogens with one attached hydrogen (secondary N) is 4. The van der Waals surface area contributed by atoms with Crippen LogP contribution in [0.5, 0.6) is 0 Å². The molecule has 22 heteroatoms. The Labute approximate surface area is 388 Å². The van der Waals surface area contributed by atoms with E-state index in [1.54, 1.807) is 36.4 Å². The molecule has 0 unspecified atom stereocenters. The van der Waals surface area contributed by atoms with Crippen molar-refractivity contribution in [3.05, 3.63) is 58.7 Å². The van der Waals surface area contributed by atoms with Crippen LogP contribution in [0.4, 0.5) is 11.4 Å². The molecule has 0 bridgehead atoms. The quantitative estimate of drug-likeness (QED) is 0.0294. The molecular weight excluding hydrogens is 883 g/mol. The molecule has 2 aromatic carbocycles. The number of anilines is 2. The van der Waals surface area contributed by atoms with E-state index in [-0.39, 0.29) is 139 Å². The first-order valence-electron chi connectivity index (χ1n) is 21.3. The van der Waals surface area contributed by atoms with Crippen LogP contribution in [0.1, 0.15) is 112 Å². The highest BCUT2D eigenvalue weighted by Gasteiger charge is 2.13. The summed E-state index contributed by atoms with van der Waals surface area (Å²) in [5, 5.41) is 53.9. The number of carboxylic acids is 1. The number of rotatable bonds is 30. The number of benzene rings is 2. The van der Waals surface area contributed by atoms with Crippen LogP contribution in [-0.4, -0.2) is 118 Å². The summed E-state index contributed by atoms with van der Waals surface area (Å²) < 4.78 is 8.98. The Bertz CT molecular complexity index is 1890. The van der Waals surface area contributed by atoms with Gasteiger partial charge in [0.1, 0.15) is 12.3 Å². The predicted octanol–water partition coefficient (Wildman–Crippen LogP) is 0.797. The van der Waals surface area contributed by atoms with Gasteiger partial charge in [0.2, 0.25) is 23.6 Å². The molecule has 4 amide bonds. The van der Waals surface area contributed by atoms with Gasteiger partial charge in [0.25, 0.3) is 0 Å². The number of nitrogens with two attached hydrogens (primary N) is 1. The van der Waals surface area contributed by atoms with Gasteiger partial charge in [0.15, 0.2) is 11.6 Å². The molecule has 0 saturated carbocycles. The van der Waals surface area contributed by atoms with E-state index in [2.05, 4.69) is 30.7 Å². The first-order valence-corrected chi connectivity index (χ1v) is 21.3. The first-order chi connectivity index (χ1) is 31.9. The van der Waals surface area contributed by atoms with Gasteiger partial charge in [-0.05, 0) is 72.2 Å². The number of Topliss-reactive ketones (excluding diaryl/α,β-unsaturated/α-hetero) is 3. The number of aliphatic hydroxyl groups is 4. The van der Waals surface area contributed by atoms with E-state index in [1.807, 2.05) is 0 Å². The van der Waals surface area contributed by atoms with E-state index >= 15 is 0 Å². The van der Waals surface area contributed by atoms with Crippen molar-refractivity contribution in [2.75, 3.05) is 44.9 Å². The lowest BCUT2D eigenvalue weighted by Crippen LogP contribution is -2.32. The van der Waals surface area contributed by atoms with Crippen molar-refractivity contribution in [2.24, 2.45) is 0 Å². The number of carboxylic acid groups (broad SMARTS) is 1. The second-order valence-corrected chi connectivity index (χ2v) is 14.7. The third-order valence-electron chi connectivity index (χ3n) is 9.01. The number of unbranched alkanes of at least 4 members (excludes halogenated alkanes) is 2. The van der Waals surface area contributed by atoms with Crippen molar-refractivity contribution < 1.29 is 83.0 Å². The van der Waals surface area contributed by atoms with Crippen molar-refractivity contribution in [1.29, 1.82) is 0 Å². The number of esters is 2. The lowest BCUT2D eigenvalue weighted by atomic mass is 10.1. The molecule has 0 aromatic heterocycles. The molecule has 0 atom stereocenters. The van der Waals surface area contributed by atoms with Gasteiger partial charge in [0, 0.05) is 75.6 Å². The molecule has 0 aliphatic carbocycles. The van der Waals surface area contributed by atoms with E-state index in [1.165, 1.54) is 14.2 Å². The maximum absolute atomic E-state index is 12.1. The van der Waals surface area contributed by atoms with Crippen LogP contribution in [-0.2, 0) is 83.8 Å². The van der Waals surface area contributed by atoms with Crippen LogP contribution < -0.4 is 27.0 Å². The van der Waals surface area contributed by atoms with Crippen LogP contribution >= 0.6 is 0 Å². The normalized spacial score (nSPS) is 10.1. The molecule has 67 heavy (non-hydrogen) atoms. The topological polar surface area (TPSA) is 364 Å². The number of aliphatic hydroxyl groups excluding tert-OH is 4. The molecule has 372 valence electrons. The number of hydrogen-bond donors (Lipinski definition) is 10. The molecule has 0 saturated heterocycles. The molecule has 0 heterocycles. The molecule has 2 aromatic rings. The highest BCUT2D eigenvalue weighted by molar-refractivity contribution is 5.95. The summed E-state index contributed by atoms with van der Waals surface area (Å²) in [7, 11) is 2.60. The fraction of sp³-hybridized carbons (Fsp3) is 0.511. The lowest BCUT2D eigenvalue weighted by molar-refractivity contribution is -0.141. The zero-order valence-electron chi connectivity index (χ0n) is 38.0. The van der Waals surface area contributed by atoms with Crippen LogP contribution in [0.3, 0.4) is 0 Å². The Hall–Kier alpha value is -6.62. The number of amides is 4. The van der Waals surface area contributed by atoms with Gasteiger partial charge in [-0.15, -0.1) is 0 Å². The minimum absolute atomic E-state index is 0.0298. The van der Waals surface area contributed by atoms with Gasteiger partial charge in [-0.25, -0.2) is 0 Å². The van der Waals surface area contributed by atoms with Crippen molar-refractivity contribution >= 4 is 70.3 Å². The van der Waals surface area contributed by atoms with Gasteiger partial charge < -0.3 is 62.0 Å². The zero-order valence-corrected chi connectivity index (χ0v) is 38.0. The lowest BCUT2D eigenvalue weighted by Gasteiger charge is -2.09. The highest BCUT2D eigenvalue weighted by Crippen LogP contribution is 2.16. The summed E-state index contributed by atoms with van der Waals surface area (Å²) in [6.07, 6.45) is 2.76. The average Bonchev–Trinajstić information content (AvgIpc) is 3.32. The molecular formula is C45H65N5O17. The number of carbonyl (C=O) groups excluding carboxylic acids is 9. The van der Waals surface area contributed by atoms with E-state index < -0.39 is 30.2 Å². The van der Waals surface area contributed by atoms with E-state index in [0.717, 1.165) is 11.1 Å². The number of aliphatic carboxylic acids is 1. The molecule has 0 spiro atoms.